The number of rotatable bonds is 28. The highest BCUT2D eigenvalue weighted by atomic mass is 19.4. The van der Waals surface area contributed by atoms with Crippen LogP contribution in [0.25, 0.3) is 0 Å². The largest absolute Gasteiger partial charge is 0.457 e. The standard InChI is InChI=1S/C38H27F3O6.2C32H24N2O4/c1-24(42)21-25-5-13-31(14-6-25)46-33-17-9-27(10-18-33)36(44)29-3-2-4-30(23-29)37(45)28-11-19-34(20-12-28)47-32-15-7-26(8-16-32)22-35(43)38(39,40)41;33-25-9-17-29(18-10-25)37-27-13-5-23(6-14-27)31(35)21-1-2-22(4-3-21)32(36)24-7-15-28(16-8-24)38-30-19-11-26(34)12-20-30;33-25-8-16-29(17-9-25)37-27-12-4-21(5-13-27)31(35)23-2-1-3-24(20-23)32(36)22-6-14-28(15-7-22)38-30-18-10-26(34)11-19-30/h2-20,23H,21-22H2,1H3;2*1-20H,33-34H2. The van der Waals surface area contributed by atoms with Crippen molar-refractivity contribution in [3.05, 3.63) is 442 Å². The van der Waals surface area contributed by atoms with Crippen LogP contribution in [0.15, 0.2) is 364 Å². The van der Waals surface area contributed by atoms with E-state index in [1.54, 1.807) is 322 Å². The van der Waals surface area contributed by atoms with Gasteiger partial charge in [0.25, 0.3) is 0 Å². The molecule has 15 rings (SSSR count). The molecule has 0 radical (unpaired) electrons. The van der Waals surface area contributed by atoms with Gasteiger partial charge in [-0.2, -0.15) is 13.2 Å². The lowest BCUT2D eigenvalue weighted by atomic mass is 9.97. The van der Waals surface area contributed by atoms with E-state index < -0.39 is 18.4 Å². The van der Waals surface area contributed by atoms with Crippen LogP contribution < -0.4 is 51.4 Å². The van der Waals surface area contributed by atoms with Crippen LogP contribution in [0.1, 0.15) is 114 Å². The van der Waals surface area contributed by atoms with E-state index in [4.69, 9.17) is 51.4 Å². The number of ether oxygens (including phenoxy) is 6. The van der Waals surface area contributed by atoms with Crippen LogP contribution in [0.2, 0.25) is 0 Å². The molecule has 0 bridgehead atoms. The number of nitrogen functional groups attached to an aromatic ring is 4. The Labute approximate surface area is 704 Å². The minimum Gasteiger partial charge on any atom is -0.457 e. The van der Waals surface area contributed by atoms with Gasteiger partial charge in [-0.25, -0.2) is 0 Å². The van der Waals surface area contributed by atoms with E-state index in [9.17, 15) is 51.5 Å². The van der Waals surface area contributed by atoms with Gasteiger partial charge < -0.3 is 51.4 Å². The molecule has 0 spiro atoms. The number of anilines is 4. The second-order valence-corrected chi connectivity index (χ2v) is 28.0. The molecule has 15 aromatic rings. The quantitative estimate of drug-likeness (QED) is 0.0262. The van der Waals surface area contributed by atoms with Gasteiger partial charge in [-0.1, -0.05) is 84.9 Å². The second-order valence-electron chi connectivity index (χ2n) is 28.0. The first-order chi connectivity index (χ1) is 59.3. The molecule has 0 saturated carbocycles. The summed E-state index contributed by atoms with van der Waals surface area (Å²) in [4.78, 5) is 101. The molecule has 0 fully saturated rings. The summed E-state index contributed by atoms with van der Waals surface area (Å²) >= 11 is 0. The molecular weight excluding hydrogens is 1560 g/mol. The lowest BCUT2D eigenvalue weighted by molar-refractivity contribution is -0.170. The minimum atomic E-state index is -4.89. The Kier molecular flexibility index (Phi) is 26.8. The highest BCUT2D eigenvalue weighted by Crippen LogP contribution is 2.33. The van der Waals surface area contributed by atoms with Crippen LogP contribution in [0, 0.1) is 0 Å². The normalized spacial score (nSPS) is 10.7. The first-order valence-electron chi connectivity index (χ1n) is 38.3. The molecule has 21 heteroatoms. The van der Waals surface area contributed by atoms with Gasteiger partial charge in [0.15, 0.2) is 34.7 Å². The van der Waals surface area contributed by atoms with E-state index in [2.05, 4.69) is 0 Å². The van der Waals surface area contributed by atoms with Crippen LogP contribution in [0.3, 0.4) is 0 Å². The van der Waals surface area contributed by atoms with E-state index in [0.717, 1.165) is 5.56 Å². The lowest BCUT2D eigenvalue weighted by Crippen LogP contribution is -2.24. The molecule has 18 nitrogen and oxygen atoms in total. The number of benzene rings is 15. The third kappa shape index (κ3) is 23.4. The molecule has 123 heavy (non-hydrogen) atoms. The number of hydrogen-bond acceptors (Lipinski definition) is 18. The molecule has 0 amide bonds. The Morgan fingerprint density at radius 1 is 0.220 bits per heavy atom. The molecular formula is C102H75F3N4O14. The molecule has 15 aromatic carbocycles. The average molecular weight is 1640 g/mol. The zero-order chi connectivity index (χ0) is 86.5. The van der Waals surface area contributed by atoms with Gasteiger partial charge in [0.2, 0.25) is 5.78 Å². The van der Waals surface area contributed by atoms with Gasteiger partial charge >= 0.3 is 6.18 Å². The molecule has 0 atom stereocenters. The van der Waals surface area contributed by atoms with E-state index in [1.165, 1.54) is 37.3 Å². The fourth-order valence-electron chi connectivity index (χ4n) is 12.3. The van der Waals surface area contributed by atoms with Crippen LogP contribution in [-0.2, 0) is 22.4 Å². The minimum absolute atomic E-state index is 0.0757. The van der Waals surface area contributed by atoms with Gasteiger partial charge in [-0.05, 0) is 297 Å². The van der Waals surface area contributed by atoms with Crippen molar-refractivity contribution in [2.75, 3.05) is 22.9 Å². The maximum Gasteiger partial charge on any atom is 0.450 e. The maximum absolute atomic E-state index is 13.2. The summed E-state index contributed by atoms with van der Waals surface area (Å²) < 4.78 is 72.2. The average Bonchev–Trinajstić information content (AvgIpc) is 0.826. The topological polar surface area (TPSA) is 296 Å². The van der Waals surface area contributed by atoms with Crippen molar-refractivity contribution in [2.24, 2.45) is 0 Å². The highest BCUT2D eigenvalue weighted by molar-refractivity contribution is 6.15. The summed E-state index contributed by atoms with van der Waals surface area (Å²) in [6.07, 6.45) is -5.28. The predicted molar refractivity (Wildman–Crippen MR) is 464 cm³/mol. The summed E-state index contributed by atoms with van der Waals surface area (Å²) in [7, 11) is 0. The monoisotopic (exact) mass is 1640 g/mol. The Morgan fingerprint density at radius 2 is 0.374 bits per heavy atom. The lowest BCUT2D eigenvalue weighted by Gasteiger charge is -2.09. The maximum atomic E-state index is 13.2. The van der Waals surface area contributed by atoms with Crippen LogP contribution >= 0.6 is 0 Å². The second kappa shape index (κ2) is 39.1. The van der Waals surface area contributed by atoms with Crippen molar-refractivity contribution in [2.45, 2.75) is 25.9 Å². The molecule has 608 valence electrons. The van der Waals surface area contributed by atoms with E-state index >= 15 is 0 Å². The van der Waals surface area contributed by atoms with E-state index in [1.807, 2.05) is 12.1 Å². The van der Waals surface area contributed by atoms with Crippen molar-refractivity contribution in [3.63, 3.8) is 0 Å². The number of carbonyl (C=O) groups excluding carboxylic acids is 8. The van der Waals surface area contributed by atoms with Gasteiger partial charge in [0.05, 0.1) is 0 Å². The third-order valence-electron chi connectivity index (χ3n) is 18.8. The van der Waals surface area contributed by atoms with Crippen molar-refractivity contribution < 1.29 is 79.9 Å². The molecule has 0 unspecified atom stereocenters. The number of alkyl halides is 3. The number of Topliss-reactive ketones (excluding diaryl/α,β-unsaturated/α-hetero) is 2. The summed E-state index contributed by atoms with van der Waals surface area (Å²) in [5, 5.41) is 0. The zero-order valence-electron chi connectivity index (χ0n) is 65.7. The molecule has 0 aromatic heterocycles. The Bertz CT molecular complexity index is 6040. The SMILES string of the molecule is CC(=O)Cc1ccc(Oc2ccc(C(=O)c3cccc(C(=O)c4ccc(Oc5ccc(CC(=O)C(F)(F)F)cc5)cc4)c3)cc2)cc1.Nc1ccc(Oc2ccc(C(=O)c3ccc(C(=O)c4ccc(Oc5ccc(N)cc5)cc4)cc3)cc2)cc1.Nc1ccc(Oc2ccc(C(=O)c3cccc(C(=O)c4ccc(Oc5ccc(N)cc5)cc4)c3)cc2)cc1. The van der Waals surface area contributed by atoms with Gasteiger partial charge in [0.1, 0.15) is 74.8 Å². The summed E-state index contributed by atoms with van der Waals surface area (Å²) in [5.74, 6) is 3.89. The van der Waals surface area contributed by atoms with Crippen LogP contribution in [0.4, 0.5) is 35.9 Å². The van der Waals surface area contributed by atoms with Crippen molar-refractivity contribution in [1.29, 1.82) is 0 Å². The smallest absolute Gasteiger partial charge is 0.450 e. The number of halogens is 3. The Morgan fingerprint density at radius 3 is 0.553 bits per heavy atom. The van der Waals surface area contributed by atoms with Crippen LogP contribution in [0.5, 0.6) is 69.0 Å². The van der Waals surface area contributed by atoms with Gasteiger partial charge in [-0.15, -0.1) is 0 Å². The van der Waals surface area contributed by atoms with Crippen LogP contribution in [-0.4, -0.2) is 52.4 Å². The molecule has 0 saturated heterocycles. The first-order valence-corrected chi connectivity index (χ1v) is 38.3. The Hall–Kier alpha value is -16.6. The summed E-state index contributed by atoms with van der Waals surface area (Å²) in [6, 6.07) is 101. The third-order valence-corrected chi connectivity index (χ3v) is 18.8. The molecule has 0 aliphatic carbocycles. The summed E-state index contributed by atoms with van der Waals surface area (Å²) in [6.45, 7) is 1.54. The Balaban J connectivity index is 0.000000160. The van der Waals surface area contributed by atoms with E-state index in [0.29, 0.717) is 165 Å². The fourth-order valence-corrected chi connectivity index (χ4v) is 12.3. The molecule has 8 N–H and O–H groups in total. The highest BCUT2D eigenvalue weighted by Gasteiger charge is 2.37. The zero-order valence-corrected chi connectivity index (χ0v) is 65.7. The van der Waals surface area contributed by atoms with Gasteiger partial charge in [-0.3, -0.25) is 38.4 Å². The molecule has 0 aliphatic heterocycles. The van der Waals surface area contributed by atoms with Crippen molar-refractivity contribution in [3.8, 4) is 69.0 Å². The molecule has 0 aliphatic rings. The van der Waals surface area contributed by atoms with Crippen molar-refractivity contribution in [1.82, 2.24) is 0 Å². The molecule has 0 heterocycles. The van der Waals surface area contributed by atoms with Crippen molar-refractivity contribution >= 4 is 69.0 Å². The number of ketones is 8. The van der Waals surface area contributed by atoms with E-state index in [-0.39, 0.29) is 46.0 Å². The van der Waals surface area contributed by atoms with Gasteiger partial charge in [0, 0.05) is 102 Å². The number of hydrogen-bond donors (Lipinski definition) is 4. The fraction of sp³-hybridized carbons (Fsp3) is 0.0392. The summed E-state index contributed by atoms with van der Waals surface area (Å²) in [5.41, 5.74) is 31.8. The predicted octanol–water partition coefficient (Wildman–Crippen LogP) is 22.3. The number of carbonyl (C=O) groups is 8. The first kappa shape index (κ1) is 84.4. The number of nitrogens with two attached hydrogens (primary N) is 4.